The SMILES string of the molecule is N#CCCn1cc(CN2CCC(CO)C2)c(-c2ccccc2)n1. The Morgan fingerprint density at radius 1 is 1.30 bits per heavy atom. The van der Waals surface area contributed by atoms with E-state index >= 15 is 0 Å². The summed E-state index contributed by atoms with van der Waals surface area (Å²) in [5, 5.41) is 22.8. The van der Waals surface area contributed by atoms with Crippen molar-refractivity contribution in [1.82, 2.24) is 14.7 Å². The van der Waals surface area contributed by atoms with Gasteiger partial charge in [-0.05, 0) is 18.9 Å². The molecule has 23 heavy (non-hydrogen) atoms. The Labute approximate surface area is 136 Å². The first kappa shape index (κ1) is 15.7. The lowest BCUT2D eigenvalue weighted by Crippen LogP contribution is -2.21. The average molecular weight is 310 g/mol. The van der Waals surface area contributed by atoms with E-state index in [-0.39, 0.29) is 6.61 Å². The van der Waals surface area contributed by atoms with Gasteiger partial charge in [0.1, 0.15) is 0 Å². The Morgan fingerprint density at radius 2 is 2.13 bits per heavy atom. The summed E-state index contributed by atoms with van der Waals surface area (Å²) in [6, 6.07) is 12.4. The van der Waals surface area contributed by atoms with Crippen LogP contribution in [0, 0.1) is 17.2 Å². The number of hydrogen-bond acceptors (Lipinski definition) is 4. The zero-order valence-electron chi connectivity index (χ0n) is 13.2. The zero-order chi connectivity index (χ0) is 16.1. The van der Waals surface area contributed by atoms with E-state index in [1.54, 1.807) is 0 Å². The molecule has 5 heteroatoms. The average Bonchev–Trinajstić information content (AvgIpc) is 3.21. The first-order valence-corrected chi connectivity index (χ1v) is 8.12. The summed E-state index contributed by atoms with van der Waals surface area (Å²) in [4.78, 5) is 2.37. The van der Waals surface area contributed by atoms with Crippen molar-refractivity contribution in [2.45, 2.75) is 25.9 Å². The van der Waals surface area contributed by atoms with Gasteiger partial charge in [0, 0.05) is 37.0 Å². The van der Waals surface area contributed by atoms with Crippen molar-refractivity contribution in [3.8, 4) is 17.3 Å². The lowest BCUT2D eigenvalue weighted by Gasteiger charge is -2.15. The zero-order valence-corrected chi connectivity index (χ0v) is 13.2. The summed E-state index contributed by atoms with van der Waals surface area (Å²) in [7, 11) is 0. The molecule has 1 N–H and O–H groups in total. The number of hydrogen-bond donors (Lipinski definition) is 1. The molecule has 3 rings (SSSR count). The van der Waals surface area contributed by atoms with Crippen LogP contribution in [0.15, 0.2) is 36.5 Å². The molecule has 1 aliphatic heterocycles. The van der Waals surface area contributed by atoms with E-state index in [4.69, 9.17) is 5.26 Å². The number of nitrogens with zero attached hydrogens (tertiary/aromatic N) is 4. The molecule has 1 aliphatic rings. The summed E-state index contributed by atoms with van der Waals surface area (Å²) >= 11 is 0. The standard InChI is InChI=1S/C18H22N4O/c19-8-4-9-22-13-17(12-21-10-7-15(11-21)14-23)18(20-22)16-5-2-1-3-6-16/h1-3,5-6,13,15,23H,4,7,9-12,14H2. The predicted molar refractivity (Wildman–Crippen MR) is 88.4 cm³/mol. The number of nitriles is 1. The molecule has 0 bridgehead atoms. The lowest BCUT2D eigenvalue weighted by molar-refractivity contribution is 0.220. The fraction of sp³-hybridized carbons (Fsp3) is 0.444. The highest BCUT2D eigenvalue weighted by molar-refractivity contribution is 5.62. The molecule has 1 saturated heterocycles. The van der Waals surface area contributed by atoms with E-state index < -0.39 is 0 Å². The molecule has 1 fully saturated rings. The van der Waals surface area contributed by atoms with Crippen LogP contribution in [0.1, 0.15) is 18.4 Å². The molecule has 2 heterocycles. The van der Waals surface area contributed by atoms with Gasteiger partial charge >= 0.3 is 0 Å². The van der Waals surface area contributed by atoms with Gasteiger partial charge in [0.2, 0.25) is 0 Å². The van der Waals surface area contributed by atoms with Crippen molar-refractivity contribution < 1.29 is 5.11 Å². The normalized spacial score (nSPS) is 18.2. The van der Waals surface area contributed by atoms with E-state index in [1.165, 1.54) is 5.56 Å². The number of aryl methyl sites for hydroxylation is 1. The third-order valence-corrected chi connectivity index (χ3v) is 4.36. The maximum absolute atomic E-state index is 9.31. The Kier molecular flexibility index (Phi) is 5.06. The van der Waals surface area contributed by atoms with Crippen molar-refractivity contribution in [2.75, 3.05) is 19.7 Å². The van der Waals surface area contributed by atoms with Crippen molar-refractivity contribution in [1.29, 1.82) is 5.26 Å². The van der Waals surface area contributed by atoms with Crippen LogP contribution in [-0.4, -0.2) is 39.5 Å². The number of aliphatic hydroxyl groups is 1. The second-order valence-electron chi connectivity index (χ2n) is 6.11. The highest BCUT2D eigenvalue weighted by Crippen LogP contribution is 2.25. The van der Waals surface area contributed by atoms with Gasteiger partial charge in [-0.3, -0.25) is 9.58 Å². The molecule has 1 aromatic carbocycles. The molecule has 0 saturated carbocycles. The monoisotopic (exact) mass is 310 g/mol. The van der Waals surface area contributed by atoms with Gasteiger partial charge in [0.05, 0.1) is 24.7 Å². The number of likely N-dealkylation sites (tertiary alicyclic amines) is 1. The molecule has 0 amide bonds. The fourth-order valence-electron chi connectivity index (χ4n) is 3.14. The maximum atomic E-state index is 9.31. The van der Waals surface area contributed by atoms with E-state index in [9.17, 15) is 5.11 Å². The smallest absolute Gasteiger partial charge is 0.0968 e. The highest BCUT2D eigenvalue weighted by atomic mass is 16.3. The summed E-state index contributed by atoms with van der Waals surface area (Å²) in [5.41, 5.74) is 3.29. The summed E-state index contributed by atoms with van der Waals surface area (Å²) < 4.78 is 1.88. The van der Waals surface area contributed by atoms with Crippen LogP contribution in [0.4, 0.5) is 0 Å². The van der Waals surface area contributed by atoms with Gasteiger partial charge in [0.15, 0.2) is 0 Å². The minimum absolute atomic E-state index is 0.267. The molecule has 2 aromatic rings. The molecular weight excluding hydrogens is 288 g/mol. The first-order valence-electron chi connectivity index (χ1n) is 8.12. The van der Waals surface area contributed by atoms with Crippen LogP contribution < -0.4 is 0 Å². The van der Waals surface area contributed by atoms with Gasteiger partial charge in [0.25, 0.3) is 0 Å². The highest BCUT2D eigenvalue weighted by Gasteiger charge is 2.23. The van der Waals surface area contributed by atoms with Gasteiger partial charge < -0.3 is 5.11 Å². The number of benzene rings is 1. The molecule has 0 radical (unpaired) electrons. The Hall–Kier alpha value is -2.16. The summed E-state index contributed by atoms with van der Waals surface area (Å²) in [6.45, 7) is 3.68. The van der Waals surface area contributed by atoms with Crippen molar-refractivity contribution in [2.24, 2.45) is 5.92 Å². The van der Waals surface area contributed by atoms with Crippen molar-refractivity contribution in [3.63, 3.8) is 0 Å². The minimum Gasteiger partial charge on any atom is -0.396 e. The largest absolute Gasteiger partial charge is 0.396 e. The third kappa shape index (κ3) is 3.79. The number of aliphatic hydroxyl groups excluding tert-OH is 1. The molecule has 0 spiro atoms. The van der Waals surface area contributed by atoms with Crippen molar-refractivity contribution in [3.05, 3.63) is 42.1 Å². The molecule has 1 unspecified atom stereocenters. The first-order chi connectivity index (χ1) is 11.3. The molecule has 1 atom stereocenters. The van der Waals surface area contributed by atoms with Crippen LogP contribution in [0.5, 0.6) is 0 Å². The maximum Gasteiger partial charge on any atom is 0.0968 e. The van der Waals surface area contributed by atoms with Crippen LogP contribution in [0.25, 0.3) is 11.3 Å². The van der Waals surface area contributed by atoms with Gasteiger partial charge in [-0.1, -0.05) is 30.3 Å². The quantitative estimate of drug-likeness (QED) is 0.889. The van der Waals surface area contributed by atoms with Crippen molar-refractivity contribution >= 4 is 0 Å². The molecule has 1 aromatic heterocycles. The van der Waals surface area contributed by atoms with Gasteiger partial charge in [-0.2, -0.15) is 10.4 Å². The topological polar surface area (TPSA) is 65.1 Å². The van der Waals surface area contributed by atoms with E-state index in [0.29, 0.717) is 18.9 Å². The molecule has 120 valence electrons. The number of aromatic nitrogens is 2. The van der Waals surface area contributed by atoms with Gasteiger partial charge in [-0.25, -0.2) is 0 Å². The number of rotatable bonds is 6. The molecule has 0 aliphatic carbocycles. The fourth-order valence-corrected chi connectivity index (χ4v) is 3.14. The van der Waals surface area contributed by atoms with E-state index in [0.717, 1.165) is 37.3 Å². The second-order valence-corrected chi connectivity index (χ2v) is 6.11. The summed E-state index contributed by atoms with van der Waals surface area (Å²) in [6.07, 6.45) is 3.58. The van der Waals surface area contributed by atoms with E-state index in [2.05, 4.69) is 34.4 Å². The Morgan fingerprint density at radius 3 is 2.83 bits per heavy atom. The summed E-state index contributed by atoms with van der Waals surface area (Å²) in [5.74, 6) is 0.392. The van der Waals surface area contributed by atoms with Crippen LogP contribution >= 0.6 is 0 Å². The third-order valence-electron chi connectivity index (χ3n) is 4.36. The Balaban J connectivity index is 1.82. The van der Waals surface area contributed by atoms with Crippen LogP contribution in [0.2, 0.25) is 0 Å². The Bertz CT molecular complexity index is 674. The second kappa shape index (κ2) is 7.40. The van der Waals surface area contributed by atoms with Gasteiger partial charge in [-0.15, -0.1) is 0 Å². The predicted octanol–water partition coefficient (Wildman–Crippen LogP) is 2.28. The lowest BCUT2D eigenvalue weighted by atomic mass is 10.1. The van der Waals surface area contributed by atoms with E-state index in [1.807, 2.05) is 22.9 Å². The van der Waals surface area contributed by atoms with Crippen LogP contribution in [0.3, 0.4) is 0 Å². The molecule has 5 nitrogen and oxygen atoms in total. The minimum atomic E-state index is 0.267. The molecular formula is C18H22N4O. The van der Waals surface area contributed by atoms with Crippen LogP contribution in [-0.2, 0) is 13.1 Å².